The number of nitrogens with one attached hydrogen (secondary N) is 1. The highest BCUT2D eigenvalue weighted by Crippen LogP contribution is 2.18. The summed E-state index contributed by atoms with van der Waals surface area (Å²) in [6.45, 7) is 2.69. The molecule has 0 saturated heterocycles. The molecule has 3 nitrogen and oxygen atoms in total. The maximum Gasteiger partial charge on any atom is 0.232 e. The lowest BCUT2D eigenvalue weighted by atomic mass is 10.2. The van der Waals surface area contributed by atoms with Gasteiger partial charge in [0.1, 0.15) is 0 Å². The van der Waals surface area contributed by atoms with Crippen LogP contribution in [0, 0.1) is 0 Å². The third kappa shape index (κ3) is 5.48. The number of rotatable bonds is 8. The lowest BCUT2D eigenvalue weighted by Gasteiger charge is -2.12. The molecule has 0 bridgehead atoms. The van der Waals surface area contributed by atoms with Crippen LogP contribution in [0.3, 0.4) is 0 Å². The third-order valence-corrected chi connectivity index (χ3v) is 5.48. The van der Waals surface area contributed by atoms with Crippen LogP contribution < -0.4 is 5.32 Å². The normalized spacial score (nSPS) is 12.1. The molecule has 1 aromatic heterocycles. The van der Waals surface area contributed by atoms with Crippen LogP contribution in [-0.2, 0) is 23.6 Å². The highest BCUT2D eigenvalue weighted by molar-refractivity contribution is 7.99. The van der Waals surface area contributed by atoms with E-state index in [1.54, 1.807) is 23.1 Å². The molecular weight excluding hydrogens is 314 g/mol. The molecule has 0 saturated carbocycles. The minimum atomic E-state index is -0.0687. The number of carbonyl (C=O) groups is 1. The van der Waals surface area contributed by atoms with Crippen LogP contribution >= 0.6 is 23.1 Å². The molecule has 1 aromatic carbocycles. The molecule has 1 amide bonds. The van der Waals surface area contributed by atoms with Crippen molar-refractivity contribution in [3.8, 4) is 0 Å². The lowest BCUT2D eigenvalue weighted by Crippen LogP contribution is -2.32. The molecule has 2 aromatic rings. The van der Waals surface area contributed by atoms with Gasteiger partial charge in [0.05, 0.1) is 11.9 Å². The van der Waals surface area contributed by atoms with Crippen molar-refractivity contribution in [1.29, 1.82) is 0 Å². The summed E-state index contributed by atoms with van der Waals surface area (Å²) >= 11 is 3.35. The van der Waals surface area contributed by atoms with Crippen molar-refractivity contribution < 1.29 is 9.90 Å². The van der Waals surface area contributed by atoms with E-state index in [1.807, 2.05) is 37.3 Å². The zero-order chi connectivity index (χ0) is 15.8. The Balaban J connectivity index is 1.69. The number of aliphatic hydroxyl groups is 1. The predicted octanol–water partition coefficient (Wildman–Crippen LogP) is 3.22. The molecule has 0 fully saturated rings. The molecule has 1 atom stereocenters. The summed E-state index contributed by atoms with van der Waals surface area (Å²) in [7, 11) is 0. The van der Waals surface area contributed by atoms with E-state index in [0.29, 0.717) is 6.54 Å². The minimum Gasteiger partial charge on any atom is -0.392 e. The highest BCUT2D eigenvalue weighted by Gasteiger charge is 2.12. The quantitative estimate of drug-likeness (QED) is 0.779. The summed E-state index contributed by atoms with van der Waals surface area (Å²) in [6, 6.07) is 12.0. The van der Waals surface area contributed by atoms with Crippen molar-refractivity contribution in [2.45, 2.75) is 31.0 Å². The summed E-state index contributed by atoms with van der Waals surface area (Å²) in [6.07, 6.45) is 0.892. The molecule has 0 spiro atoms. The van der Waals surface area contributed by atoms with Crippen molar-refractivity contribution in [1.82, 2.24) is 5.32 Å². The number of thiophene rings is 1. The number of carbonyl (C=O) groups excluding carboxylic acids is 1. The van der Waals surface area contributed by atoms with Gasteiger partial charge in [-0.25, -0.2) is 0 Å². The number of thioether (sulfide) groups is 1. The molecule has 1 unspecified atom stereocenters. The summed E-state index contributed by atoms with van der Waals surface area (Å²) in [5.74, 6) is 0.888. The van der Waals surface area contributed by atoms with Crippen LogP contribution in [0.4, 0.5) is 0 Å². The SMILES string of the molecule is CC(SCc1ccc(CO)cc1)C(=O)NCCc1cccs1. The van der Waals surface area contributed by atoms with Gasteiger partial charge in [0.2, 0.25) is 5.91 Å². The lowest BCUT2D eigenvalue weighted by molar-refractivity contribution is -0.120. The molecule has 0 aliphatic carbocycles. The van der Waals surface area contributed by atoms with Gasteiger partial charge in [-0.15, -0.1) is 23.1 Å². The summed E-state index contributed by atoms with van der Waals surface area (Å²) in [5.41, 5.74) is 2.08. The molecule has 22 heavy (non-hydrogen) atoms. The van der Waals surface area contributed by atoms with Crippen molar-refractivity contribution in [3.05, 3.63) is 57.8 Å². The molecule has 5 heteroatoms. The van der Waals surface area contributed by atoms with E-state index in [9.17, 15) is 4.79 Å². The Labute approximate surface area is 139 Å². The topological polar surface area (TPSA) is 49.3 Å². The monoisotopic (exact) mass is 335 g/mol. The zero-order valence-corrected chi connectivity index (χ0v) is 14.3. The minimum absolute atomic E-state index is 0.0659. The van der Waals surface area contributed by atoms with Crippen LogP contribution in [0.25, 0.3) is 0 Å². The van der Waals surface area contributed by atoms with Gasteiger partial charge in [0, 0.05) is 17.2 Å². The van der Waals surface area contributed by atoms with Crippen molar-refractivity contribution >= 4 is 29.0 Å². The first-order valence-corrected chi connectivity index (χ1v) is 9.22. The second kappa shape index (κ2) is 8.98. The Bertz CT molecular complexity index is 567. The summed E-state index contributed by atoms with van der Waals surface area (Å²) in [4.78, 5) is 13.3. The fraction of sp³-hybridized carbons (Fsp3) is 0.353. The van der Waals surface area contributed by atoms with Gasteiger partial charge in [-0.1, -0.05) is 30.3 Å². The van der Waals surface area contributed by atoms with Crippen LogP contribution in [0.1, 0.15) is 22.9 Å². The summed E-state index contributed by atoms with van der Waals surface area (Å²) < 4.78 is 0. The summed E-state index contributed by atoms with van der Waals surface area (Å²) in [5, 5.41) is 14.0. The first kappa shape index (κ1) is 17.1. The fourth-order valence-electron chi connectivity index (χ4n) is 1.95. The van der Waals surface area contributed by atoms with Crippen molar-refractivity contribution in [2.75, 3.05) is 6.54 Å². The zero-order valence-electron chi connectivity index (χ0n) is 12.6. The van der Waals surface area contributed by atoms with Crippen LogP contribution in [0.5, 0.6) is 0 Å². The van der Waals surface area contributed by atoms with E-state index in [1.165, 1.54) is 10.4 Å². The molecule has 1 heterocycles. The van der Waals surface area contributed by atoms with Gasteiger partial charge in [-0.3, -0.25) is 4.79 Å². The maximum absolute atomic E-state index is 12.0. The van der Waals surface area contributed by atoms with E-state index < -0.39 is 0 Å². The van der Waals surface area contributed by atoms with Gasteiger partial charge < -0.3 is 10.4 Å². The Morgan fingerprint density at radius 1 is 1.27 bits per heavy atom. The standard InChI is InChI=1S/C17H21NO2S2/c1-13(17(20)18-9-8-16-3-2-10-21-16)22-12-15-6-4-14(11-19)5-7-15/h2-7,10,13,19H,8-9,11-12H2,1H3,(H,18,20). The number of benzene rings is 1. The average Bonchev–Trinajstić information content (AvgIpc) is 3.06. The van der Waals surface area contributed by atoms with E-state index in [4.69, 9.17) is 5.11 Å². The maximum atomic E-state index is 12.0. The first-order valence-electron chi connectivity index (χ1n) is 7.29. The molecule has 0 aliphatic rings. The van der Waals surface area contributed by atoms with Gasteiger partial charge in [0.15, 0.2) is 0 Å². The van der Waals surface area contributed by atoms with Crippen LogP contribution in [0.15, 0.2) is 41.8 Å². The van der Waals surface area contributed by atoms with E-state index in [0.717, 1.165) is 17.7 Å². The molecule has 2 rings (SSSR count). The molecule has 0 radical (unpaired) electrons. The molecule has 2 N–H and O–H groups in total. The third-order valence-electron chi connectivity index (χ3n) is 3.33. The Hall–Kier alpha value is -1.30. The fourth-order valence-corrected chi connectivity index (χ4v) is 3.52. The number of amides is 1. The van der Waals surface area contributed by atoms with E-state index in [-0.39, 0.29) is 17.8 Å². The van der Waals surface area contributed by atoms with Gasteiger partial charge >= 0.3 is 0 Å². The smallest absolute Gasteiger partial charge is 0.232 e. The van der Waals surface area contributed by atoms with Gasteiger partial charge in [0.25, 0.3) is 0 Å². The predicted molar refractivity (Wildman–Crippen MR) is 94.2 cm³/mol. The largest absolute Gasteiger partial charge is 0.392 e. The van der Waals surface area contributed by atoms with Gasteiger partial charge in [-0.2, -0.15) is 0 Å². The van der Waals surface area contributed by atoms with Crippen LogP contribution in [0.2, 0.25) is 0 Å². The first-order chi connectivity index (χ1) is 10.7. The van der Waals surface area contributed by atoms with Crippen molar-refractivity contribution in [2.24, 2.45) is 0 Å². The van der Waals surface area contributed by atoms with E-state index >= 15 is 0 Å². The second-order valence-electron chi connectivity index (χ2n) is 5.05. The Kier molecular flexibility index (Phi) is 6.96. The number of hydrogen-bond acceptors (Lipinski definition) is 4. The highest BCUT2D eigenvalue weighted by atomic mass is 32.2. The van der Waals surface area contributed by atoms with Crippen molar-refractivity contribution in [3.63, 3.8) is 0 Å². The molecule has 0 aliphatic heterocycles. The van der Waals surface area contributed by atoms with Gasteiger partial charge in [-0.05, 0) is 35.9 Å². The van der Waals surface area contributed by atoms with Crippen LogP contribution in [-0.4, -0.2) is 22.8 Å². The second-order valence-corrected chi connectivity index (χ2v) is 7.41. The Morgan fingerprint density at radius 3 is 2.64 bits per heavy atom. The average molecular weight is 335 g/mol. The number of aliphatic hydroxyl groups excluding tert-OH is 1. The number of hydrogen-bond donors (Lipinski definition) is 2. The van der Waals surface area contributed by atoms with E-state index in [2.05, 4.69) is 16.8 Å². The molecule has 118 valence electrons. The Morgan fingerprint density at radius 2 is 2.00 bits per heavy atom. The molecular formula is C17H21NO2S2.